The second-order valence-electron chi connectivity index (χ2n) is 8.39. The third-order valence-electron chi connectivity index (χ3n) is 5.53. The highest BCUT2D eigenvalue weighted by Crippen LogP contribution is 2.14. The Labute approximate surface area is 187 Å². The van der Waals surface area contributed by atoms with Gasteiger partial charge >= 0.3 is 0 Å². The molecule has 0 aliphatic heterocycles. The van der Waals surface area contributed by atoms with Gasteiger partial charge in [-0.15, -0.1) is 0 Å². The van der Waals surface area contributed by atoms with Crippen molar-refractivity contribution in [2.75, 3.05) is 38.4 Å². The Kier molecular flexibility index (Phi) is 26.5. The Hall–Kier alpha value is 0.230. The lowest BCUT2D eigenvalue weighted by Crippen LogP contribution is -2.21. The summed E-state index contributed by atoms with van der Waals surface area (Å²) in [6.07, 6.45) is 23.5. The molecule has 0 saturated heterocycles. The van der Waals surface area contributed by atoms with Crippen LogP contribution < -0.4 is 0 Å². The number of ether oxygens (including phenoxy) is 2. The van der Waals surface area contributed by atoms with Gasteiger partial charge in [0.25, 0.3) is 0 Å². The number of methoxy groups -OCH3 is 1. The zero-order chi connectivity index (χ0) is 21.3. The van der Waals surface area contributed by atoms with E-state index in [1.165, 1.54) is 103 Å². The van der Waals surface area contributed by atoms with Crippen LogP contribution in [0.2, 0.25) is 0 Å². The molecule has 0 aliphatic rings. The number of unbranched alkanes of at least 4 members (excludes halogenated alkanes) is 15. The number of aliphatic hydroxyl groups excluding tert-OH is 1. The molecule has 0 amide bonds. The second kappa shape index (κ2) is 26.3. The van der Waals surface area contributed by atoms with Gasteiger partial charge in [0.1, 0.15) is 0 Å². The van der Waals surface area contributed by atoms with Crippen LogP contribution in [-0.2, 0) is 9.47 Å². The van der Waals surface area contributed by atoms with E-state index in [1.54, 1.807) is 7.11 Å². The van der Waals surface area contributed by atoms with Crippen LogP contribution in [0.1, 0.15) is 116 Å². The van der Waals surface area contributed by atoms with Gasteiger partial charge in [-0.1, -0.05) is 103 Å². The molecule has 0 aliphatic carbocycles. The molecular formula is C25H52O3S. The van der Waals surface area contributed by atoms with Crippen molar-refractivity contribution in [1.29, 1.82) is 0 Å². The Morgan fingerprint density at radius 3 is 1.62 bits per heavy atom. The summed E-state index contributed by atoms with van der Waals surface area (Å²) in [5.74, 6) is 1.95. The van der Waals surface area contributed by atoms with Crippen molar-refractivity contribution in [3.8, 4) is 0 Å². The highest BCUT2D eigenvalue weighted by atomic mass is 32.2. The Balaban J connectivity index is 3.16. The highest BCUT2D eigenvalue weighted by molar-refractivity contribution is 7.99. The summed E-state index contributed by atoms with van der Waals surface area (Å²) >= 11 is 1.84. The number of rotatable bonds is 25. The smallest absolute Gasteiger partial charge is 0.0894 e. The van der Waals surface area contributed by atoms with E-state index in [9.17, 15) is 0 Å². The fourth-order valence-corrected chi connectivity index (χ4v) is 4.53. The summed E-state index contributed by atoms with van der Waals surface area (Å²) in [4.78, 5) is 0. The molecule has 1 N–H and O–H groups in total. The SMILES string of the molecule is CCCCCCCCCCCCCCCCCCOCC(CSCCCO)OC. The van der Waals surface area contributed by atoms with Crippen LogP contribution in [0.5, 0.6) is 0 Å². The van der Waals surface area contributed by atoms with Gasteiger partial charge < -0.3 is 14.6 Å². The molecule has 0 rings (SSSR count). The van der Waals surface area contributed by atoms with E-state index in [-0.39, 0.29) is 12.7 Å². The van der Waals surface area contributed by atoms with Gasteiger partial charge in [0.05, 0.1) is 12.7 Å². The van der Waals surface area contributed by atoms with Crippen LogP contribution in [0.25, 0.3) is 0 Å². The largest absolute Gasteiger partial charge is 0.396 e. The van der Waals surface area contributed by atoms with E-state index in [1.807, 2.05) is 11.8 Å². The van der Waals surface area contributed by atoms with Crippen LogP contribution in [0.3, 0.4) is 0 Å². The monoisotopic (exact) mass is 432 g/mol. The normalized spacial score (nSPS) is 12.5. The second-order valence-corrected chi connectivity index (χ2v) is 9.54. The molecule has 0 aromatic heterocycles. The van der Waals surface area contributed by atoms with Gasteiger partial charge in [0.2, 0.25) is 0 Å². The zero-order valence-electron chi connectivity index (χ0n) is 19.8. The van der Waals surface area contributed by atoms with E-state index in [0.717, 1.165) is 24.5 Å². The molecular weight excluding hydrogens is 380 g/mol. The van der Waals surface area contributed by atoms with Crippen molar-refractivity contribution in [3.05, 3.63) is 0 Å². The lowest BCUT2D eigenvalue weighted by atomic mass is 10.0. The predicted octanol–water partition coefficient (Wildman–Crippen LogP) is 7.40. The molecule has 0 saturated carbocycles. The van der Waals surface area contributed by atoms with Gasteiger partial charge in [0.15, 0.2) is 0 Å². The maximum Gasteiger partial charge on any atom is 0.0894 e. The van der Waals surface area contributed by atoms with Gasteiger partial charge in [0, 0.05) is 26.1 Å². The first-order valence-electron chi connectivity index (χ1n) is 12.6. The number of thioether (sulfide) groups is 1. The Morgan fingerprint density at radius 2 is 1.17 bits per heavy atom. The van der Waals surface area contributed by atoms with Crippen molar-refractivity contribution < 1.29 is 14.6 Å². The van der Waals surface area contributed by atoms with Crippen LogP contribution in [0.15, 0.2) is 0 Å². The van der Waals surface area contributed by atoms with Crippen molar-refractivity contribution in [1.82, 2.24) is 0 Å². The lowest BCUT2D eigenvalue weighted by molar-refractivity contribution is 0.0198. The van der Waals surface area contributed by atoms with Crippen LogP contribution >= 0.6 is 11.8 Å². The average molecular weight is 433 g/mol. The van der Waals surface area contributed by atoms with Gasteiger partial charge in [-0.05, 0) is 18.6 Å². The number of hydrogen-bond acceptors (Lipinski definition) is 4. The van der Waals surface area contributed by atoms with Crippen molar-refractivity contribution in [2.45, 2.75) is 122 Å². The summed E-state index contributed by atoms with van der Waals surface area (Å²) in [5, 5.41) is 8.79. The van der Waals surface area contributed by atoms with Crippen molar-refractivity contribution >= 4 is 11.8 Å². The van der Waals surface area contributed by atoms with Gasteiger partial charge in [-0.25, -0.2) is 0 Å². The molecule has 29 heavy (non-hydrogen) atoms. The van der Waals surface area contributed by atoms with Gasteiger partial charge in [-0.2, -0.15) is 11.8 Å². The Bertz CT molecular complexity index is 289. The fourth-order valence-electron chi connectivity index (χ4n) is 3.53. The van der Waals surface area contributed by atoms with E-state index in [2.05, 4.69) is 6.92 Å². The first-order valence-corrected chi connectivity index (χ1v) is 13.8. The summed E-state index contributed by atoms with van der Waals surface area (Å²) in [6.45, 7) is 4.12. The minimum absolute atomic E-state index is 0.180. The third kappa shape index (κ3) is 24.4. The molecule has 0 spiro atoms. The maximum absolute atomic E-state index is 8.79. The molecule has 4 heteroatoms. The van der Waals surface area contributed by atoms with E-state index >= 15 is 0 Å². The number of aliphatic hydroxyl groups is 1. The van der Waals surface area contributed by atoms with Crippen LogP contribution in [0.4, 0.5) is 0 Å². The minimum Gasteiger partial charge on any atom is -0.396 e. The molecule has 0 heterocycles. The summed E-state index contributed by atoms with van der Waals surface area (Å²) in [5.41, 5.74) is 0. The fraction of sp³-hybridized carbons (Fsp3) is 1.00. The highest BCUT2D eigenvalue weighted by Gasteiger charge is 2.07. The van der Waals surface area contributed by atoms with E-state index in [0.29, 0.717) is 6.61 Å². The quantitative estimate of drug-likeness (QED) is 0.153. The van der Waals surface area contributed by atoms with Crippen molar-refractivity contribution in [3.63, 3.8) is 0 Å². The number of hydrogen-bond donors (Lipinski definition) is 1. The van der Waals surface area contributed by atoms with E-state index in [4.69, 9.17) is 14.6 Å². The molecule has 1 atom stereocenters. The van der Waals surface area contributed by atoms with Gasteiger partial charge in [-0.3, -0.25) is 0 Å². The standard InChI is InChI=1S/C25H52O3S/c1-3-4-5-6-7-8-9-10-11-12-13-14-15-16-17-18-21-28-23-25(27-2)24-29-22-19-20-26/h25-26H,3-24H2,1-2H3. The molecule has 0 radical (unpaired) electrons. The van der Waals surface area contributed by atoms with Crippen molar-refractivity contribution in [2.24, 2.45) is 0 Å². The van der Waals surface area contributed by atoms with E-state index < -0.39 is 0 Å². The molecule has 0 aromatic carbocycles. The molecule has 3 nitrogen and oxygen atoms in total. The summed E-state index contributed by atoms with van der Waals surface area (Å²) in [6, 6.07) is 0. The molecule has 176 valence electrons. The minimum atomic E-state index is 0.180. The average Bonchev–Trinajstić information content (AvgIpc) is 2.74. The third-order valence-corrected chi connectivity index (χ3v) is 6.71. The van der Waals surface area contributed by atoms with Crippen LogP contribution in [0, 0.1) is 0 Å². The summed E-state index contributed by atoms with van der Waals surface area (Å²) < 4.78 is 11.2. The topological polar surface area (TPSA) is 38.7 Å². The predicted molar refractivity (Wildman–Crippen MR) is 130 cm³/mol. The molecule has 0 fully saturated rings. The zero-order valence-corrected chi connectivity index (χ0v) is 20.6. The molecule has 1 unspecified atom stereocenters. The lowest BCUT2D eigenvalue weighted by Gasteiger charge is -2.15. The summed E-state index contributed by atoms with van der Waals surface area (Å²) in [7, 11) is 1.76. The maximum atomic E-state index is 8.79. The van der Waals surface area contributed by atoms with Crippen LogP contribution in [-0.4, -0.2) is 49.6 Å². The molecule has 0 bridgehead atoms. The Morgan fingerprint density at radius 1 is 0.690 bits per heavy atom. The first-order chi connectivity index (χ1) is 14.3. The first kappa shape index (κ1) is 29.2. The molecule has 0 aromatic rings.